The van der Waals surface area contributed by atoms with Gasteiger partial charge in [-0.2, -0.15) is 0 Å². The van der Waals surface area contributed by atoms with E-state index < -0.39 is 0 Å². The van der Waals surface area contributed by atoms with Crippen LogP contribution in [0.5, 0.6) is 0 Å². The van der Waals surface area contributed by atoms with Crippen LogP contribution in [0, 0.1) is 18.8 Å². The highest BCUT2D eigenvalue weighted by Gasteiger charge is 2.16. The first kappa shape index (κ1) is 21.3. The number of hydrogen-bond donors (Lipinski definition) is 0. The van der Waals surface area contributed by atoms with Crippen molar-refractivity contribution in [3.8, 4) is 23.1 Å². The average Bonchev–Trinajstić information content (AvgIpc) is 3.23. The molecule has 0 spiro atoms. The highest BCUT2D eigenvalue weighted by molar-refractivity contribution is 5.64. The first-order chi connectivity index (χ1) is 15.2. The van der Waals surface area contributed by atoms with Crippen molar-refractivity contribution < 1.29 is 4.74 Å². The van der Waals surface area contributed by atoms with E-state index in [1.165, 1.54) is 12.0 Å². The Bertz CT molecular complexity index is 1040. The SMILES string of the molecule is Cc1cc(C#CCN(C)Cc2ccccc2)ccc1-c1cn(CC2CCCCO2)nn1. The van der Waals surface area contributed by atoms with E-state index in [9.17, 15) is 0 Å². The second kappa shape index (κ2) is 10.4. The lowest BCUT2D eigenvalue weighted by Crippen LogP contribution is -2.24. The molecule has 1 saturated heterocycles. The van der Waals surface area contributed by atoms with Gasteiger partial charge in [0.1, 0.15) is 5.69 Å². The molecule has 5 nitrogen and oxygen atoms in total. The third-order valence-corrected chi connectivity index (χ3v) is 5.58. The van der Waals surface area contributed by atoms with E-state index in [2.05, 4.69) is 83.5 Å². The molecule has 160 valence electrons. The summed E-state index contributed by atoms with van der Waals surface area (Å²) in [7, 11) is 2.09. The quantitative estimate of drug-likeness (QED) is 0.564. The van der Waals surface area contributed by atoms with Gasteiger partial charge in [-0.15, -0.1) is 5.10 Å². The zero-order chi connectivity index (χ0) is 21.5. The van der Waals surface area contributed by atoms with E-state index >= 15 is 0 Å². The molecule has 4 rings (SSSR count). The van der Waals surface area contributed by atoms with Crippen molar-refractivity contribution in [2.75, 3.05) is 20.2 Å². The van der Waals surface area contributed by atoms with Gasteiger partial charge >= 0.3 is 0 Å². The predicted octanol–water partition coefficient (Wildman–Crippen LogP) is 4.31. The first-order valence-corrected chi connectivity index (χ1v) is 11.0. The molecule has 1 atom stereocenters. The lowest BCUT2D eigenvalue weighted by atomic mass is 10.0. The van der Waals surface area contributed by atoms with Crippen LogP contribution in [0.1, 0.15) is 36.0 Å². The Kier molecular flexibility index (Phi) is 7.14. The van der Waals surface area contributed by atoms with Crippen LogP contribution in [0.15, 0.2) is 54.7 Å². The van der Waals surface area contributed by atoms with E-state index in [0.717, 1.165) is 61.5 Å². The van der Waals surface area contributed by atoms with Crippen molar-refractivity contribution in [3.63, 3.8) is 0 Å². The summed E-state index contributed by atoms with van der Waals surface area (Å²) in [6, 6.07) is 16.8. The Labute approximate surface area is 185 Å². The molecule has 5 heteroatoms. The van der Waals surface area contributed by atoms with Gasteiger partial charge in [-0.3, -0.25) is 4.90 Å². The van der Waals surface area contributed by atoms with Gasteiger partial charge in [0.15, 0.2) is 0 Å². The molecule has 0 amide bonds. The molecule has 0 aliphatic carbocycles. The standard InChI is InChI=1S/C26H30N4O/c1-21-17-22(11-8-15-29(2)18-23-9-4-3-5-10-23)13-14-25(21)26-20-30(28-27-26)19-24-12-6-7-16-31-24/h3-5,9-10,13-14,17,20,24H,6-7,12,15-16,18-19H2,1-2H3. The fourth-order valence-corrected chi connectivity index (χ4v) is 3.93. The Hall–Kier alpha value is -2.94. The van der Waals surface area contributed by atoms with Crippen LogP contribution >= 0.6 is 0 Å². The molecule has 0 bridgehead atoms. The minimum Gasteiger partial charge on any atom is -0.376 e. The van der Waals surface area contributed by atoms with Crippen molar-refractivity contribution in [3.05, 3.63) is 71.4 Å². The summed E-state index contributed by atoms with van der Waals surface area (Å²) < 4.78 is 7.72. The summed E-state index contributed by atoms with van der Waals surface area (Å²) in [5.74, 6) is 6.58. The van der Waals surface area contributed by atoms with E-state index in [4.69, 9.17) is 4.74 Å². The molecule has 3 aromatic rings. The third-order valence-electron chi connectivity index (χ3n) is 5.58. The van der Waals surface area contributed by atoms with Crippen LogP contribution in [0.2, 0.25) is 0 Å². The Morgan fingerprint density at radius 3 is 2.81 bits per heavy atom. The van der Waals surface area contributed by atoms with Gasteiger partial charge in [-0.1, -0.05) is 53.5 Å². The van der Waals surface area contributed by atoms with Crippen LogP contribution in [-0.2, 0) is 17.8 Å². The number of aromatic nitrogens is 3. The fourth-order valence-electron chi connectivity index (χ4n) is 3.93. The first-order valence-electron chi connectivity index (χ1n) is 11.0. The van der Waals surface area contributed by atoms with Crippen molar-refractivity contribution >= 4 is 0 Å². The van der Waals surface area contributed by atoms with Gasteiger partial charge in [0, 0.05) is 24.3 Å². The molecule has 2 aromatic carbocycles. The molecule has 1 unspecified atom stereocenters. The number of rotatable bonds is 6. The highest BCUT2D eigenvalue weighted by Crippen LogP contribution is 2.22. The second-order valence-corrected chi connectivity index (χ2v) is 8.30. The Morgan fingerprint density at radius 1 is 1.16 bits per heavy atom. The summed E-state index contributed by atoms with van der Waals surface area (Å²) in [4.78, 5) is 2.22. The molecular formula is C26H30N4O. The number of aryl methyl sites for hydroxylation is 1. The van der Waals surface area contributed by atoms with Crippen LogP contribution in [0.25, 0.3) is 11.3 Å². The Balaban J connectivity index is 1.36. The van der Waals surface area contributed by atoms with Gasteiger partial charge in [-0.25, -0.2) is 4.68 Å². The van der Waals surface area contributed by atoms with Gasteiger partial charge in [-0.05, 0) is 56.5 Å². The maximum absolute atomic E-state index is 5.82. The van der Waals surface area contributed by atoms with Crippen LogP contribution in [-0.4, -0.2) is 46.2 Å². The normalized spacial score (nSPS) is 16.2. The summed E-state index contributed by atoms with van der Waals surface area (Å²) >= 11 is 0. The number of nitrogens with zero attached hydrogens (tertiary/aromatic N) is 4. The summed E-state index contributed by atoms with van der Waals surface area (Å²) in [6.45, 7) is 5.36. The van der Waals surface area contributed by atoms with Crippen LogP contribution in [0.4, 0.5) is 0 Å². The van der Waals surface area contributed by atoms with Crippen LogP contribution in [0.3, 0.4) is 0 Å². The van der Waals surface area contributed by atoms with Crippen molar-refractivity contribution in [2.24, 2.45) is 0 Å². The molecule has 0 N–H and O–H groups in total. The molecule has 0 saturated carbocycles. The van der Waals surface area contributed by atoms with Crippen molar-refractivity contribution in [1.82, 2.24) is 19.9 Å². The second-order valence-electron chi connectivity index (χ2n) is 8.30. The van der Waals surface area contributed by atoms with Gasteiger partial charge in [0.25, 0.3) is 0 Å². The van der Waals surface area contributed by atoms with Gasteiger partial charge in [0.2, 0.25) is 0 Å². The minimum atomic E-state index is 0.252. The van der Waals surface area contributed by atoms with Crippen LogP contribution < -0.4 is 0 Å². The summed E-state index contributed by atoms with van der Waals surface area (Å²) in [5, 5.41) is 8.69. The van der Waals surface area contributed by atoms with E-state index in [-0.39, 0.29) is 6.10 Å². The zero-order valence-electron chi connectivity index (χ0n) is 18.4. The smallest absolute Gasteiger partial charge is 0.113 e. The molecule has 0 radical (unpaired) electrons. The van der Waals surface area contributed by atoms with Crippen molar-refractivity contribution in [2.45, 2.75) is 45.4 Å². The predicted molar refractivity (Wildman–Crippen MR) is 123 cm³/mol. The molecular weight excluding hydrogens is 384 g/mol. The number of hydrogen-bond acceptors (Lipinski definition) is 4. The van der Waals surface area contributed by atoms with Gasteiger partial charge in [0.05, 0.1) is 25.4 Å². The topological polar surface area (TPSA) is 43.2 Å². The maximum atomic E-state index is 5.82. The molecule has 2 heterocycles. The average molecular weight is 415 g/mol. The van der Waals surface area contributed by atoms with E-state index in [0.29, 0.717) is 0 Å². The third kappa shape index (κ3) is 6.04. The summed E-state index contributed by atoms with van der Waals surface area (Å²) in [6.07, 6.45) is 5.76. The lowest BCUT2D eigenvalue weighted by molar-refractivity contribution is 0.00370. The van der Waals surface area contributed by atoms with Gasteiger partial charge < -0.3 is 4.74 Å². The highest BCUT2D eigenvalue weighted by atomic mass is 16.5. The minimum absolute atomic E-state index is 0.252. The monoisotopic (exact) mass is 414 g/mol. The van der Waals surface area contributed by atoms with E-state index in [1.807, 2.05) is 16.9 Å². The summed E-state index contributed by atoms with van der Waals surface area (Å²) in [5.41, 5.74) is 5.48. The molecule has 31 heavy (non-hydrogen) atoms. The maximum Gasteiger partial charge on any atom is 0.113 e. The van der Waals surface area contributed by atoms with E-state index in [1.54, 1.807) is 0 Å². The Morgan fingerprint density at radius 2 is 2.03 bits per heavy atom. The lowest BCUT2D eigenvalue weighted by Gasteiger charge is -2.21. The van der Waals surface area contributed by atoms with Crippen molar-refractivity contribution in [1.29, 1.82) is 0 Å². The zero-order valence-corrected chi connectivity index (χ0v) is 18.4. The number of ether oxygens (including phenoxy) is 1. The largest absolute Gasteiger partial charge is 0.376 e. The number of benzene rings is 2. The molecule has 1 aromatic heterocycles. The molecule has 1 aliphatic rings. The fraction of sp³-hybridized carbons (Fsp3) is 0.385. The molecule has 1 aliphatic heterocycles. The molecule has 1 fully saturated rings.